The second-order valence-corrected chi connectivity index (χ2v) is 10.5. The first-order valence-corrected chi connectivity index (χ1v) is 13.7. The third-order valence-electron chi connectivity index (χ3n) is 7.72. The highest BCUT2D eigenvalue weighted by molar-refractivity contribution is 5.88. The van der Waals surface area contributed by atoms with Gasteiger partial charge in [-0.05, 0) is 65.6 Å². The van der Waals surface area contributed by atoms with Crippen LogP contribution >= 0.6 is 0 Å². The van der Waals surface area contributed by atoms with Crippen molar-refractivity contribution in [2.75, 3.05) is 32.1 Å². The number of aryl methyl sites for hydroxylation is 1. The van der Waals surface area contributed by atoms with Gasteiger partial charge in [0.2, 0.25) is 5.95 Å². The number of Topliss-reactive ketones (excluding diaryl/α,β-unsaturated/α-hetero) is 1. The third-order valence-corrected chi connectivity index (χ3v) is 7.72. The Balaban J connectivity index is 1.28. The maximum atomic E-state index is 14.0. The molecular weight excluding hydrogens is 541 g/mol. The molecule has 11 heteroatoms. The minimum Gasteiger partial charge on any atom is -0.491 e. The van der Waals surface area contributed by atoms with Gasteiger partial charge in [0.1, 0.15) is 24.0 Å². The fourth-order valence-corrected chi connectivity index (χ4v) is 5.69. The lowest BCUT2D eigenvalue weighted by molar-refractivity contribution is -0.122. The van der Waals surface area contributed by atoms with Gasteiger partial charge in [-0.1, -0.05) is 18.2 Å². The number of H-pyrrole nitrogens is 1. The van der Waals surface area contributed by atoms with E-state index in [4.69, 9.17) is 4.74 Å². The SMILES string of the molecule is COC(=O)Nc1nc2ccc(-c3cc(C)c4c(c3)CN(C(=O)N3CCC(=O)CC3c3cccc(F)c3)CCO4)cc2[nH]1. The predicted octanol–water partition coefficient (Wildman–Crippen LogP) is 5.58. The Bertz CT molecular complexity index is 1700. The molecule has 3 aromatic carbocycles. The van der Waals surface area contributed by atoms with Crippen LogP contribution in [0.2, 0.25) is 0 Å². The van der Waals surface area contributed by atoms with E-state index in [9.17, 15) is 18.8 Å². The average molecular weight is 572 g/mol. The molecule has 0 spiro atoms. The van der Waals surface area contributed by atoms with Crippen LogP contribution in [0.4, 0.5) is 19.9 Å². The number of ether oxygens (including phenoxy) is 2. The second kappa shape index (κ2) is 11.2. The van der Waals surface area contributed by atoms with E-state index in [1.54, 1.807) is 21.9 Å². The lowest BCUT2D eigenvalue weighted by atomic mass is 9.94. The highest BCUT2D eigenvalue weighted by Crippen LogP contribution is 2.36. The summed E-state index contributed by atoms with van der Waals surface area (Å²) in [6.07, 6.45) is -0.186. The smallest absolute Gasteiger partial charge is 0.413 e. The highest BCUT2D eigenvalue weighted by atomic mass is 19.1. The van der Waals surface area contributed by atoms with Crippen molar-refractivity contribution in [2.45, 2.75) is 32.4 Å². The van der Waals surface area contributed by atoms with Crippen molar-refractivity contribution in [3.05, 3.63) is 77.1 Å². The molecule has 6 rings (SSSR count). The molecule has 3 heterocycles. The van der Waals surface area contributed by atoms with Crippen LogP contribution in [0.15, 0.2) is 54.6 Å². The predicted molar refractivity (Wildman–Crippen MR) is 154 cm³/mol. The van der Waals surface area contributed by atoms with Crippen LogP contribution in [-0.4, -0.2) is 64.5 Å². The van der Waals surface area contributed by atoms with Crippen LogP contribution in [0, 0.1) is 12.7 Å². The topological polar surface area (TPSA) is 117 Å². The molecule has 0 radical (unpaired) electrons. The lowest BCUT2D eigenvalue weighted by Crippen LogP contribution is -2.48. The minimum atomic E-state index is -0.617. The Morgan fingerprint density at radius 1 is 1.12 bits per heavy atom. The number of carbonyl (C=O) groups excluding carboxylic acids is 3. The Kier molecular flexibility index (Phi) is 7.24. The zero-order chi connectivity index (χ0) is 29.4. The van der Waals surface area contributed by atoms with Crippen molar-refractivity contribution in [3.63, 3.8) is 0 Å². The first kappa shape index (κ1) is 27.3. The van der Waals surface area contributed by atoms with Crippen molar-refractivity contribution < 1.29 is 28.2 Å². The number of urea groups is 1. The Morgan fingerprint density at radius 2 is 1.98 bits per heavy atom. The molecule has 1 fully saturated rings. The summed E-state index contributed by atoms with van der Waals surface area (Å²) in [7, 11) is 1.28. The molecule has 1 aromatic heterocycles. The molecule has 42 heavy (non-hydrogen) atoms. The van der Waals surface area contributed by atoms with E-state index in [1.807, 2.05) is 37.3 Å². The third kappa shape index (κ3) is 5.37. The zero-order valence-electron chi connectivity index (χ0n) is 23.3. The number of fused-ring (bicyclic) bond motifs is 2. The minimum absolute atomic E-state index is 0.0561. The number of likely N-dealkylation sites (tertiary alicyclic amines) is 1. The van der Waals surface area contributed by atoms with Gasteiger partial charge in [0.15, 0.2) is 0 Å². The molecule has 10 nitrogen and oxygen atoms in total. The fourth-order valence-electron chi connectivity index (χ4n) is 5.69. The lowest BCUT2D eigenvalue weighted by Gasteiger charge is -2.38. The number of hydrogen-bond donors (Lipinski definition) is 2. The van der Waals surface area contributed by atoms with E-state index in [-0.39, 0.29) is 37.1 Å². The van der Waals surface area contributed by atoms with Crippen molar-refractivity contribution in [1.29, 1.82) is 0 Å². The number of nitrogens with one attached hydrogen (secondary N) is 2. The number of hydrogen-bond acceptors (Lipinski definition) is 6. The number of methoxy groups -OCH3 is 1. The number of rotatable bonds is 3. The molecule has 1 saturated heterocycles. The van der Waals surface area contributed by atoms with Gasteiger partial charge in [0.25, 0.3) is 0 Å². The average Bonchev–Trinajstić information content (AvgIpc) is 3.24. The Labute approximate surface area is 241 Å². The van der Waals surface area contributed by atoms with Gasteiger partial charge in [-0.15, -0.1) is 0 Å². The molecule has 4 aromatic rings. The molecule has 1 atom stereocenters. The van der Waals surface area contributed by atoms with E-state index < -0.39 is 18.0 Å². The number of nitrogens with zero attached hydrogens (tertiary/aromatic N) is 3. The van der Waals surface area contributed by atoms with Crippen molar-refractivity contribution in [3.8, 4) is 16.9 Å². The number of amides is 3. The number of imidazole rings is 1. The van der Waals surface area contributed by atoms with E-state index in [0.29, 0.717) is 30.8 Å². The van der Waals surface area contributed by atoms with Gasteiger partial charge in [-0.3, -0.25) is 10.1 Å². The first-order chi connectivity index (χ1) is 20.3. The number of anilines is 1. The van der Waals surface area contributed by atoms with Gasteiger partial charge in [-0.25, -0.2) is 19.0 Å². The van der Waals surface area contributed by atoms with Gasteiger partial charge in [-0.2, -0.15) is 0 Å². The fraction of sp³-hybridized carbons (Fsp3) is 0.290. The summed E-state index contributed by atoms with van der Waals surface area (Å²) in [6, 6.07) is 15.2. The first-order valence-electron chi connectivity index (χ1n) is 13.7. The summed E-state index contributed by atoms with van der Waals surface area (Å²) in [4.78, 5) is 48.7. The Morgan fingerprint density at radius 3 is 2.79 bits per heavy atom. The van der Waals surface area contributed by atoms with Crippen LogP contribution in [-0.2, 0) is 16.1 Å². The van der Waals surface area contributed by atoms with Crippen LogP contribution in [0.1, 0.15) is 35.6 Å². The van der Waals surface area contributed by atoms with E-state index in [0.717, 1.165) is 33.5 Å². The number of aromatic nitrogens is 2. The van der Waals surface area contributed by atoms with Crippen molar-refractivity contribution in [1.82, 2.24) is 19.8 Å². The summed E-state index contributed by atoms with van der Waals surface area (Å²) < 4.78 is 24.8. The van der Waals surface area contributed by atoms with Gasteiger partial charge >= 0.3 is 12.1 Å². The quantitative estimate of drug-likeness (QED) is 0.332. The van der Waals surface area contributed by atoms with E-state index >= 15 is 0 Å². The summed E-state index contributed by atoms with van der Waals surface area (Å²) in [6.45, 7) is 3.27. The second-order valence-electron chi connectivity index (χ2n) is 10.5. The summed E-state index contributed by atoms with van der Waals surface area (Å²) in [5, 5.41) is 2.54. The summed E-state index contributed by atoms with van der Waals surface area (Å²) in [5.74, 6) is 0.685. The van der Waals surface area contributed by atoms with Gasteiger partial charge in [0, 0.05) is 24.9 Å². The summed E-state index contributed by atoms with van der Waals surface area (Å²) >= 11 is 0. The normalized spacial score (nSPS) is 16.9. The van der Waals surface area contributed by atoms with Crippen LogP contribution < -0.4 is 10.1 Å². The van der Waals surface area contributed by atoms with E-state index in [2.05, 4.69) is 20.0 Å². The molecule has 2 aliphatic heterocycles. The number of aromatic amines is 1. The molecule has 2 aliphatic rings. The number of halogens is 1. The standard InChI is InChI=1S/C31H30FN5O5/c1-18-12-21(19-6-7-25-26(15-19)34-29(33-25)35-30(39)41-2)13-22-17-36(10-11-42-28(18)22)31(40)37-9-8-24(38)16-27(37)20-4-3-5-23(32)14-20/h3-7,12-15,27H,8-11,16-17H2,1-2H3,(H2,33,34,35,39). The van der Waals surface area contributed by atoms with Gasteiger partial charge < -0.3 is 24.3 Å². The van der Waals surface area contributed by atoms with Crippen LogP contribution in [0.5, 0.6) is 5.75 Å². The molecule has 1 unspecified atom stereocenters. The van der Waals surface area contributed by atoms with Crippen molar-refractivity contribution >= 4 is 34.9 Å². The maximum absolute atomic E-state index is 14.0. The monoisotopic (exact) mass is 571 g/mol. The molecule has 0 bridgehead atoms. The number of ketones is 1. The van der Waals surface area contributed by atoms with Crippen molar-refractivity contribution in [2.24, 2.45) is 0 Å². The molecule has 216 valence electrons. The van der Waals surface area contributed by atoms with E-state index in [1.165, 1.54) is 19.2 Å². The number of benzene rings is 3. The molecule has 2 N–H and O–H groups in total. The molecule has 0 aliphatic carbocycles. The molecule has 0 saturated carbocycles. The van der Waals surface area contributed by atoms with Crippen LogP contribution in [0.3, 0.4) is 0 Å². The zero-order valence-corrected chi connectivity index (χ0v) is 23.3. The largest absolute Gasteiger partial charge is 0.491 e. The highest BCUT2D eigenvalue weighted by Gasteiger charge is 2.35. The maximum Gasteiger partial charge on any atom is 0.413 e. The van der Waals surface area contributed by atoms with Gasteiger partial charge in [0.05, 0.1) is 37.3 Å². The molecular formula is C31H30FN5O5. The molecule has 3 amide bonds. The summed E-state index contributed by atoms with van der Waals surface area (Å²) in [5.41, 5.74) is 5.70. The number of carbonyl (C=O) groups is 3. The van der Waals surface area contributed by atoms with Crippen LogP contribution in [0.25, 0.3) is 22.2 Å². The Hall–Kier alpha value is -4.93. The number of piperidine rings is 1.